The first kappa shape index (κ1) is 12.7. The number of benzene rings is 1. The summed E-state index contributed by atoms with van der Waals surface area (Å²) in [5.41, 5.74) is 2.01. The Kier molecular flexibility index (Phi) is 3.82. The maximum atomic E-state index is 8.79. The number of nitriles is 1. The zero-order valence-electron chi connectivity index (χ0n) is 11.3. The molecule has 1 N–H and O–H groups in total. The molecule has 0 radical (unpaired) electrons. The standard InChI is InChI=1S/C16H21N3/c17-11-13-4-6-14(7-5-13)12-18-15-8-10-19-9-2-1-3-16(15)19/h4-7,15-16,18H,1-3,8-10,12H2. The third kappa shape index (κ3) is 2.80. The van der Waals surface area contributed by atoms with Crippen molar-refractivity contribution in [3.63, 3.8) is 0 Å². The molecule has 1 aromatic carbocycles. The van der Waals surface area contributed by atoms with Crippen molar-refractivity contribution in [2.75, 3.05) is 13.1 Å². The molecule has 2 heterocycles. The minimum Gasteiger partial charge on any atom is -0.308 e. The lowest BCUT2D eigenvalue weighted by Crippen LogP contribution is -2.44. The Hall–Kier alpha value is -1.37. The van der Waals surface area contributed by atoms with Gasteiger partial charge in [0.05, 0.1) is 11.6 Å². The van der Waals surface area contributed by atoms with Crippen LogP contribution in [0.3, 0.4) is 0 Å². The van der Waals surface area contributed by atoms with Gasteiger partial charge in [0.1, 0.15) is 0 Å². The lowest BCUT2D eigenvalue weighted by molar-refractivity contribution is 0.180. The van der Waals surface area contributed by atoms with Crippen LogP contribution in [0.15, 0.2) is 24.3 Å². The Morgan fingerprint density at radius 2 is 2.00 bits per heavy atom. The number of fused-ring (bicyclic) bond motifs is 1. The zero-order valence-corrected chi connectivity index (χ0v) is 11.3. The monoisotopic (exact) mass is 255 g/mol. The van der Waals surface area contributed by atoms with Crippen molar-refractivity contribution in [3.8, 4) is 6.07 Å². The fraction of sp³-hybridized carbons (Fsp3) is 0.562. The van der Waals surface area contributed by atoms with E-state index in [2.05, 4.69) is 28.4 Å². The summed E-state index contributed by atoms with van der Waals surface area (Å²) in [6, 6.07) is 11.5. The van der Waals surface area contributed by atoms with Gasteiger partial charge >= 0.3 is 0 Å². The van der Waals surface area contributed by atoms with E-state index < -0.39 is 0 Å². The van der Waals surface area contributed by atoms with Crippen molar-refractivity contribution in [2.24, 2.45) is 0 Å². The van der Waals surface area contributed by atoms with E-state index in [9.17, 15) is 0 Å². The molecule has 0 aliphatic carbocycles. The fourth-order valence-electron chi connectivity index (χ4n) is 3.43. The van der Waals surface area contributed by atoms with E-state index >= 15 is 0 Å². The number of nitrogens with one attached hydrogen (secondary N) is 1. The van der Waals surface area contributed by atoms with E-state index in [1.807, 2.05) is 12.1 Å². The molecule has 0 bridgehead atoms. The average Bonchev–Trinajstić information content (AvgIpc) is 2.89. The molecule has 3 nitrogen and oxygen atoms in total. The molecule has 2 fully saturated rings. The molecule has 3 rings (SSSR count). The van der Waals surface area contributed by atoms with Crippen LogP contribution >= 0.6 is 0 Å². The summed E-state index contributed by atoms with van der Waals surface area (Å²) in [6.45, 7) is 3.47. The van der Waals surface area contributed by atoms with Crippen molar-refractivity contribution in [3.05, 3.63) is 35.4 Å². The highest BCUT2D eigenvalue weighted by atomic mass is 15.2. The van der Waals surface area contributed by atoms with Gasteiger partial charge in [0, 0.05) is 25.2 Å². The molecule has 2 aliphatic heterocycles. The Morgan fingerprint density at radius 3 is 2.79 bits per heavy atom. The van der Waals surface area contributed by atoms with Crippen LogP contribution in [-0.4, -0.2) is 30.1 Å². The third-order valence-electron chi connectivity index (χ3n) is 4.51. The summed E-state index contributed by atoms with van der Waals surface area (Å²) in [5.74, 6) is 0. The number of hydrogen-bond acceptors (Lipinski definition) is 3. The fourth-order valence-corrected chi connectivity index (χ4v) is 3.43. The first-order valence-electron chi connectivity index (χ1n) is 7.33. The molecule has 0 aromatic heterocycles. The summed E-state index contributed by atoms with van der Waals surface area (Å²) in [6.07, 6.45) is 5.39. The van der Waals surface area contributed by atoms with Crippen molar-refractivity contribution in [1.82, 2.24) is 10.2 Å². The molecule has 100 valence electrons. The second-order valence-electron chi connectivity index (χ2n) is 5.68. The summed E-state index contributed by atoms with van der Waals surface area (Å²) >= 11 is 0. The van der Waals surface area contributed by atoms with Crippen LogP contribution in [0.25, 0.3) is 0 Å². The molecule has 2 unspecified atom stereocenters. The molecule has 0 spiro atoms. The maximum Gasteiger partial charge on any atom is 0.0991 e. The van der Waals surface area contributed by atoms with Crippen LogP contribution in [0.4, 0.5) is 0 Å². The Morgan fingerprint density at radius 1 is 1.16 bits per heavy atom. The quantitative estimate of drug-likeness (QED) is 0.900. The van der Waals surface area contributed by atoms with E-state index in [1.54, 1.807) is 0 Å². The SMILES string of the molecule is N#Cc1ccc(CNC2CCN3CCCCC23)cc1. The highest BCUT2D eigenvalue weighted by Gasteiger charge is 2.34. The Labute approximate surface area is 115 Å². The van der Waals surface area contributed by atoms with Gasteiger partial charge in [-0.2, -0.15) is 5.26 Å². The summed E-state index contributed by atoms with van der Waals surface area (Å²) in [4.78, 5) is 2.65. The van der Waals surface area contributed by atoms with Crippen LogP contribution in [0.2, 0.25) is 0 Å². The molecule has 19 heavy (non-hydrogen) atoms. The minimum absolute atomic E-state index is 0.649. The highest BCUT2D eigenvalue weighted by molar-refractivity contribution is 5.31. The smallest absolute Gasteiger partial charge is 0.0991 e. The van der Waals surface area contributed by atoms with Crippen molar-refractivity contribution in [1.29, 1.82) is 5.26 Å². The summed E-state index contributed by atoms with van der Waals surface area (Å²) < 4.78 is 0. The van der Waals surface area contributed by atoms with Gasteiger partial charge < -0.3 is 5.32 Å². The first-order chi connectivity index (χ1) is 9.36. The van der Waals surface area contributed by atoms with Crippen LogP contribution in [0.1, 0.15) is 36.8 Å². The summed E-state index contributed by atoms with van der Waals surface area (Å²) in [7, 11) is 0. The van der Waals surface area contributed by atoms with E-state index in [0.717, 1.165) is 18.2 Å². The molecular weight excluding hydrogens is 234 g/mol. The average molecular weight is 255 g/mol. The second kappa shape index (κ2) is 5.73. The normalized spacial score (nSPS) is 26.9. The van der Waals surface area contributed by atoms with Crippen molar-refractivity contribution in [2.45, 2.75) is 44.3 Å². The van der Waals surface area contributed by atoms with Crippen LogP contribution < -0.4 is 5.32 Å². The topological polar surface area (TPSA) is 39.1 Å². The predicted molar refractivity (Wildman–Crippen MR) is 75.6 cm³/mol. The molecule has 1 aromatic rings. The number of rotatable bonds is 3. The zero-order chi connectivity index (χ0) is 13.1. The van der Waals surface area contributed by atoms with Crippen molar-refractivity contribution < 1.29 is 0 Å². The summed E-state index contributed by atoms with van der Waals surface area (Å²) in [5, 5.41) is 12.5. The van der Waals surface area contributed by atoms with E-state index in [4.69, 9.17) is 5.26 Å². The minimum atomic E-state index is 0.649. The second-order valence-corrected chi connectivity index (χ2v) is 5.68. The molecular formula is C16H21N3. The van der Waals surface area contributed by atoms with E-state index in [-0.39, 0.29) is 0 Å². The molecule has 0 saturated carbocycles. The van der Waals surface area contributed by atoms with Gasteiger partial charge in [0.2, 0.25) is 0 Å². The molecule has 0 amide bonds. The molecule has 3 heteroatoms. The predicted octanol–water partition coefficient (Wildman–Crippen LogP) is 2.27. The van der Waals surface area contributed by atoms with Crippen LogP contribution in [0.5, 0.6) is 0 Å². The van der Waals surface area contributed by atoms with E-state index in [1.165, 1.54) is 44.3 Å². The number of hydrogen-bond donors (Lipinski definition) is 1. The van der Waals surface area contributed by atoms with Gasteiger partial charge in [-0.3, -0.25) is 4.90 Å². The Balaban J connectivity index is 1.55. The lowest BCUT2D eigenvalue weighted by atomic mass is 9.99. The molecule has 2 aliphatic rings. The first-order valence-corrected chi connectivity index (χ1v) is 7.33. The maximum absolute atomic E-state index is 8.79. The molecule has 2 atom stereocenters. The molecule has 2 saturated heterocycles. The number of nitrogens with zero attached hydrogens (tertiary/aromatic N) is 2. The van der Waals surface area contributed by atoms with Gasteiger partial charge in [-0.05, 0) is 43.5 Å². The lowest BCUT2D eigenvalue weighted by Gasteiger charge is -2.32. The Bertz CT molecular complexity index is 460. The highest BCUT2D eigenvalue weighted by Crippen LogP contribution is 2.27. The van der Waals surface area contributed by atoms with Gasteiger partial charge in [-0.1, -0.05) is 18.6 Å². The van der Waals surface area contributed by atoms with E-state index in [0.29, 0.717) is 6.04 Å². The van der Waals surface area contributed by atoms with Gasteiger partial charge in [0.25, 0.3) is 0 Å². The third-order valence-corrected chi connectivity index (χ3v) is 4.51. The van der Waals surface area contributed by atoms with Crippen LogP contribution in [0, 0.1) is 11.3 Å². The largest absolute Gasteiger partial charge is 0.308 e. The van der Waals surface area contributed by atoms with Gasteiger partial charge in [-0.25, -0.2) is 0 Å². The number of piperidine rings is 1. The van der Waals surface area contributed by atoms with Gasteiger partial charge in [-0.15, -0.1) is 0 Å². The van der Waals surface area contributed by atoms with Crippen molar-refractivity contribution >= 4 is 0 Å². The van der Waals surface area contributed by atoms with Crippen LogP contribution in [-0.2, 0) is 6.54 Å². The van der Waals surface area contributed by atoms with Gasteiger partial charge in [0.15, 0.2) is 0 Å².